The molecule has 2 heterocycles. The van der Waals surface area contributed by atoms with Gasteiger partial charge >= 0.3 is 0 Å². The highest BCUT2D eigenvalue weighted by molar-refractivity contribution is 5.97. The number of aromatic nitrogens is 2. The zero-order chi connectivity index (χ0) is 13.8. The second kappa shape index (κ2) is 6.06. The van der Waals surface area contributed by atoms with E-state index in [1.54, 1.807) is 4.68 Å². The molecular weight excluding hydrogens is 242 g/mol. The molecule has 0 aromatic carbocycles. The highest BCUT2D eigenvalue weighted by Crippen LogP contribution is 2.15. The summed E-state index contributed by atoms with van der Waals surface area (Å²) in [6.45, 7) is 5.53. The normalized spacial score (nSPS) is 17.6. The Kier molecular flexibility index (Phi) is 4.42. The lowest BCUT2D eigenvalue weighted by Crippen LogP contribution is -2.37. The van der Waals surface area contributed by atoms with Crippen LogP contribution in [0.3, 0.4) is 0 Å². The maximum Gasteiger partial charge on any atom is 0.271 e. The van der Waals surface area contributed by atoms with Gasteiger partial charge in [0.15, 0.2) is 0 Å². The van der Waals surface area contributed by atoms with Crippen molar-refractivity contribution in [1.82, 2.24) is 20.0 Å². The van der Waals surface area contributed by atoms with Crippen LogP contribution in [0.2, 0.25) is 0 Å². The number of nitrogens with two attached hydrogens (primary N) is 1. The molecule has 0 aliphatic carbocycles. The highest BCUT2D eigenvalue weighted by Gasteiger charge is 2.20. The smallest absolute Gasteiger partial charge is 0.271 e. The molecule has 0 bridgehead atoms. The van der Waals surface area contributed by atoms with Crippen LogP contribution in [0, 0.1) is 5.92 Å². The second-order valence-electron chi connectivity index (χ2n) is 5.22. The van der Waals surface area contributed by atoms with Crippen molar-refractivity contribution < 1.29 is 4.79 Å². The predicted octanol–water partition coefficient (Wildman–Crippen LogP) is 0.557. The summed E-state index contributed by atoms with van der Waals surface area (Å²) in [6, 6.07) is 0. The third kappa shape index (κ3) is 3.26. The number of amides is 1. The molecule has 1 aliphatic rings. The van der Waals surface area contributed by atoms with Crippen LogP contribution in [-0.2, 0) is 6.54 Å². The van der Waals surface area contributed by atoms with Gasteiger partial charge in [0.05, 0.1) is 11.9 Å². The molecular formula is C13H23N5O. The molecule has 1 aromatic rings. The Labute approximate surface area is 113 Å². The van der Waals surface area contributed by atoms with Crippen LogP contribution in [0.15, 0.2) is 6.20 Å². The Bertz CT molecular complexity index is 434. The Balaban J connectivity index is 1.89. The fourth-order valence-corrected chi connectivity index (χ4v) is 2.47. The molecule has 1 saturated heterocycles. The van der Waals surface area contributed by atoms with Crippen molar-refractivity contribution in [2.45, 2.75) is 26.3 Å². The number of rotatable bonds is 4. The minimum absolute atomic E-state index is 0.115. The van der Waals surface area contributed by atoms with Crippen LogP contribution in [-0.4, -0.2) is 47.3 Å². The minimum Gasteiger partial charge on any atom is -0.396 e. The molecule has 0 unspecified atom stereocenters. The molecule has 106 valence electrons. The van der Waals surface area contributed by atoms with E-state index in [2.05, 4.69) is 22.4 Å². The van der Waals surface area contributed by atoms with Gasteiger partial charge in [-0.05, 0) is 45.8 Å². The molecule has 0 spiro atoms. The lowest BCUT2D eigenvalue weighted by Gasteiger charge is -2.28. The van der Waals surface area contributed by atoms with Crippen LogP contribution in [0.1, 0.15) is 30.3 Å². The Morgan fingerprint density at radius 1 is 1.53 bits per heavy atom. The molecule has 2 rings (SSSR count). The van der Waals surface area contributed by atoms with Gasteiger partial charge in [-0.2, -0.15) is 5.10 Å². The summed E-state index contributed by atoms with van der Waals surface area (Å²) in [5, 5.41) is 7.07. The van der Waals surface area contributed by atoms with E-state index in [1.165, 1.54) is 6.20 Å². The highest BCUT2D eigenvalue weighted by atomic mass is 16.2. The summed E-state index contributed by atoms with van der Waals surface area (Å²) >= 11 is 0. The van der Waals surface area contributed by atoms with E-state index in [9.17, 15) is 4.79 Å². The molecule has 1 aromatic heterocycles. The van der Waals surface area contributed by atoms with Crippen molar-refractivity contribution in [2.24, 2.45) is 5.92 Å². The lowest BCUT2D eigenvalue weighted by atomic mass is 9.97. The summed E-state index contributed by atoms with van der Waals surface area (Å²) in [4.78, 5) is 14.5. The molecule has 1 amide bonds. The molecule has 1 fully saturated rings. The number of piperidine rings is 1. The van der Waals surface area contributed by atoms with Gasteiger partial charge in [0.1, 0.15) is 5.69 Å². The number of nitrogen functional groups attached to an aromatic ring is 1. The van der Waals surface area contributed by atoms with Gasteiger partial charge in [-0.1, -0.05) is 0 Å². The summed E-state index contributed by atoms with van der Waals surface area (Å²) in [5.74, 6) is 0.454. The molecule has 3 N–H and O–H groups in total. The van der Waals surface area contributed by atoms with Crippen molar-refractivity contribution in [3.63, 3.8) is 0 Å². The summed E-state index contributed by atoms with van der Waals surface area (Å²) in [7, 11) is 2.13. The average molecular weight is 265 g/mol. The Morgan fingerprint density at radius 3 is 2.84 bits per heavy atom. The number of likely N-dealkylation sites (tertiary alicyclic amines) is 1. The van der Waals surface area contributed by atoms with Crippen LogP contribution < -0.4 is 11.1 Å². The SMILES string of the molecule is CCn1ncc(N)c1C(=O)NCC1CCN(C)CC1. The molecule has 0 atom stereocenters. The fraction of sp³-hybridized carbons (Fsp3) is 0.692. The number of carbonyl (C=O) groups excluding carboxylic acids is 1. The van der Waals surface area contributed by atoms with Crippen LogP contribution >= 0.6 is 0 Å². The Hall–Kier alpha value is -1.56. The predicted molar refractivity (Wildman–Crippen MR) is 74.9 cm³/mol. The number of aryl methyl sites for hydroxylation is 1. The van der Waals surface area contributed by atoms with Gasteiger partial charge < -0.3 is 16.0 Å². The lowest BCUT2D eigenvalue weighted by molar-refractivity contribution is 0.0929. The molecule has 6 nitrogen and oxygen atoms in total. The first kappa shape index (κ1) is 13.9. The van der Waals surface area contributed by atoms with Gasteiger partial charge in [-0.25, -0.2) is 0 Å². The molecule has 6 heteroatoms. The maximum absolute atomic E-state index is 12.2. The third-order valence-electron chi connectivity index (χ3n) is 3.77. The molecule has 0 radical (unpaired) electrons. The quantitative estimate of drug-likeness (QED) is 0.834. The van der Waals surface area contributed by atoms with Crippen molar-refractivity contribution >= 4 is 11.6 Å². The van der Waals surface area contributed by atoms with E-state index in [1.807, 2.05) is 6.92 Å². The van der Waals surface area contributed by atoms with E-state index < -0.39 is 0 Å². The summed E-state index contributed by atoms with van der Waals surface area (Å²) < 4.78 is 1.64. The molecule has 19 heavy (non-hydrogen) atoms. The number of anilines is 1. The fourth-order valence-electron chi connectivity index (χ4n) is 2.47. The third-order valence-corrected chi connectivity index (χ3v) is 3.77. The number of carbonyl (C=O) groups is 1. The van der Waals surface area contributed by atoms with E-state index in [4.69, 9.17) is 5.73 Å². The summed E-state index contributed by atoms with van der Waals surface area (Å²) in [6.07, 6.45) is 3.81. The first-order valence-corrected chi connectivity index (χ1v) is 6.89. The largest absolute Gasteiger partial charge is 0.396 e. The monoisotopic (exact) mass is 265 g/mol. The van der Waals surface area contributed by atoms with Crippen molar-refractivity contribution in [2.75, 3.05) is 32.4 Å². The standard InChI is InChI=1S/C13H23N5O/c1-3-18-12(11(14)9-16-18)13(19)15-8-10-4-6-17(2)7-5-10/h9-10H,3-8,14H2,1-2H3,(H,15,19). The maximum atomic E-state index is 12.2. The minimum atomic E-state index is -0.115. The van der Waals surface area contributed by atoms with E-state index in [0.29, 0.717) is 23.8 Å². The first-order chi connectivity index (χ1) is 9.11. The van der Waals surface area contributed by atoms with Gasteiger partial charge in [0, 0.05) is 13.1 Å². The summed E-state index contributed by atoms with van der Waals surface area (Å²) in [5.41, 5.74) is 6.72. The van der Waals surface area contributed by atoms with E-state index >= 15 is 0 Å². The topological polar surface area (TPSA) is 76.2 Å². The zero-order valence-electron chi connectivity index (χ0n) is 11.7. The van der Waals surface area contributed by atoms with Gasteiger partial charge in [-0.3, -0.25) is 9.48 Å². The van der Waals surface area contributed by atoms with Crippen molar-refractivity contribution in [3.05, 3.63) is 11.9 Å². The van der Waals surface area contributed by atoms with E-state index in [-0.39, 0.29) is 5.91 Å². The average Bonchev–Trinajstić information content (AvgIpc) is 2.79. The van der Waals surface area contributed by atoms with Crippen LogP contribution in [0.5, 0.6) is 0 Å². The zero-order valence-corrected chi connectivity index (χ0v) is 11.7. The van der Waals surface area contributed by atoms with Gasteiger partial charge in [0.2, 0.25) is 0 Å². The van der Waals surface area contributed by atoms with Crippen molar-refractivity contribution in [1.29, 1.82) is 0 Å². The van der Waals surface area contributed by atoms with Crippen molar-refractivity contribution in [3.8, 4) is 0 Å². The number of nitrogens with one attached hydrogen (secondary N) is 1. The second-order valence-corrected chi connectivity index (χ2v) is 5.22. The molecule has 1 aliphatic heterocycles. The van der Waals surface area contributed by atoms with Crippen LogP contribution in [0.4, 0.5) is 5.69 Å². The van der Waals surface area contributed by atoms with Gasteiger partial charge in [0.25, 0.3) is 5.91 Å². The molecule has 0 saturated carbocycles. The Morgan fingerprint density at radius 2 is 2.21 bits per heavy atom. The van der Waals surface area contributed by atoms with Crippen LogP contribution in [0.25, 0.3) is 0 Å². The number of hydrogen-bond acceptors (Lipinski definition) is 4. The number of hydrogen-bond donors (Lipinski definition) is 2. The van der Waals surface area contributed by atoms with Gasteiger partial charge in [-0.15, -0.1) is 0 Å². The van der Waals surface area contributed by atoms with E-state index in [0.717, 1.165) is 32.5 Å². The number of nitrogens with zero attached hydrogens (tertiary/aromatic N) is 3. The first-order valence-electron chi connectivity index (χ1n) is 6.89.